The van der Waals surface area contributed by atoms with Crippen LogP contribution in [0, 0.1) is 0 Å². The van der Waals surface area contributed by atoms with E-state index in [0.29, 0.717) is 13.0 Å². The molecule has 0 bridgehead atoms. The lowest BCUT2D eigenvalue weighted by atomic mass is 10.2. The SMILES string of the molecule is CCOC(=O)CCCCC[P+](c1ccccc1)(c1ccccc1)c1ccccc1.[I-]. The highest BCUT2D eigenvalue weighted by molar-refractivity contribution is 7.95. The molecule has 3 aromatic carbocycles. The summed E-state index contributed by atoms with van der Waals surface area (Å²) in [5.74, 6) is -0.0808. The molecule has 4 heteroatoms. The molecule has 2 nitrogen and oxygen atoms in total. The third kappa shape index (κ3) is 6.15. The molecule has 0 saturated carbocycles. The van der Waals surface area contributed by atoms with Crippen molar-refractivity contribution in [1.29, 1.82) is 0 Å². The van der Waals surface area contributed by atoms with Crippen LogP contribution in [0.2, 0.25) is 0 Å². The minimum atomic E-state index is -1.75. The van der Waals surface area contributed by atoms with Gasteiger partial charge in [-0.25, -0.2) is 0 Å². The Morgan fingerprint density at radius 3 is 1.53 bits per heavy atom. The summed E-state index contributed by atoms with van der Waals surface area (Å²) in [5, 5.41) is 4.26. The predicted molar refractivity (Wildman–Crippen MR) is 125 cm³/mol. The first-order valence-corrected chi connectivity index (χ1v) is 12.5. The lowest BCUT2D eigenvalue weighted by Gasteiger charge is -2.27. The first-order chi connectivity index (χ1) is 14.3. The fourth-order valence-electron chi connectivity index (χ4n) is 3.91. The van der Waals surface area contributed by atoms with E-state index >= 15 is 0 Å². The number of esters is 1. The average Bonchev–Trinajstić information content (AvgIpc) is 2.78. The Morgan fingerprint density at radius 1 is 0.700 bits per heavy atom. The second-order valence-electron chi connectivity index (χ2n) is 7.16. The van der Waals surface area contributed by atoms with Gasteiger partial charge in [-0.3, -0.25) is 4.79 Å². The molecule has 0 aliphatic carbocycles. The van der Waals surface area contributed by atoms with Crippen LogP contribution in [0.4, 0.5) is 0 Å². The number of halogens is 1. The Bertz CT molecular complexity index is 773. The number of carbonyl (C=O) groups is 1. The molecule has 0 amide bonds. The van der Waals surface area contributed by atoms with Gasteiger partial charge in [-0.15, -0.1) is 0 Å². The zero-order valence-electron chi connectivity index (χ0n) is 17.5. The average molecular weight is 532 g/mol. The van der Waals surface area contributed by atoms with Crippen molar-refractivity contribution in [3.05, 3.63) is 91.0 Å². The van der Waals surface area contributed by atoms with Crippen LogP contribution in [0.1, 0.15) is 32.6 Å². The maximum atomic E-state index is 11.7. The van der Waals surface area contributed by atoms with E-state index in [1.54, 1.807) is 0 Å². The van der Waals surface area contributed by atoms with E-state index in [-0.39, 0.29) is 29.9 Å². The lowest BCUT2D eigenvalue weighted by molar-refractivity contribution is -0.143. The minimum Gasteiger partial charge on any atom is -1.00 e. The molecule has 0 saturated heterocycles. The summed E-state index contributed by atoms with van der Waals surface area (Å²) in [5.41, 5.74) is 0. The summed E-state index contributed by atoms with van der Waals surface area (Å²) in [6.07, 6.45) is 4.63. The molecule has 0 aliphatic heterocycles. The molecule has 0 atom stereocenters. The standard InChI is InChI=1S/C26H30O2P.HI/c1-2-28-26(27)21-13-6-14-22-29(23-15-7-3-8-16-23,24-17-9-4-10-18-24)25-19-11-5-12-20-25;/h3-5,7-12,15-20H,2,6,13-14,21-22H2,1H3;1H/q+1;/p-1. The number of unbranched alkanes of at least 4 members (excludes halogenated alkanes) is 2. The molecule has 0 fully saturated rings. The number of benzene rings is 3. The van der Waals surface area contributed by atoms with Crippen molar-refractivity contribution in [2.45, 2.75) is 32.6 Å². The monoisotopic (exact) mass is 532 g/mol. The maximum Gasteiger partial charge on any atom is 0.305 e. The Balaban J connectivity index is 0.00000320. The molecule has 0 heterocycles. The molecule has 0 N–H and O–H groups in total. The van der Waals surface area contributed by atoms with Crippen LogP contribution in [-0.2, 0) is 9.53 Å². The van der Waals surface area contributed by atoms with Gasteiger partial charge in [0.1, 0.15) is 23.2 Å². The fourth-order valence-corrected chi connectivity index (χ4v) is 8.32. The first-order valence-electron chi connectivity index (χ1n) is 10.5. The number of hydrogen-bond acceptors (Lipinski definition) is 2. The summed E-state index contributed by atoms with van der Waals surface area (Å²) in [6.45, 7) is 2.32. The molecular weight excluding hydrogens is 502 g/mol. The van der Waals surface area contributed by atoms with Crippen molar-refractivity contribution in [2.75, 3.05) is 12.8 Å². The van der Waals surface area contributed by atoms with Crippen molar-refractivity contribution >= 4 is 29.1 Å². The van der Waals surface area contributed by atoms with Gasteiger partial charge >= 0.3 is 5.97 Å². The molecule has 0 spiro atoms. The van der Waals surface area contributed by atoms with Gasteiger partial charge in [0.25, 0.3) is 0 Å². The van der Waals surface area contributed by atoms with Crippen LogP contribution >= 0.6 is 7.26 Å². The molecule has 30 heavy (non-hydrogen) atoms. The summed E-state index contributed by atoms with van der Waals surface area (Å²) >= 11 is 0. The zero-order chi connectivity index (χ0) is 20.4. The molecule has 0 unspecified atom stereocenters. The van der Waals surface area contributed by atoms with Gasteiger partial charge in [0.15, 0.2) is 0 Å². The largest absolute Gasteiger partial charge is 1.00 e. The van der Waals surface area contributed by atoms with E-state index in [1.165, 1.54) is 15.9 Å². The molecule has 0 radical (unpaired) electrons. The van der Waals surface area contributed by atoms with Gasteiger partial charge in [-0.1, -0.05) is 54.6 Å². The second-order valence-corrected chi connectivity index (χ2v) is 10.8. The van der Waals surface area contributed by atoms with Crippen LogP contribution in [0.15, 0.2) is 91.0 Å². The number of rotatable bonds is 10. The van der Waals surface area contributed by atoms with Crippen molar-refractivity contribution in [3.8, 4) is 0 Å². The van der Waals surface area contributed by atoms with Crippen molar-refractivity contribution in [3.63, 3.8) is 0 Å². The van der Waals surface area contributed by atoms with Crippen molar-refractivity contribution in [1.82, 2.24) is 0 Å². The smallest absolute Gasteiger partial charge is 0.305 e. The van der Waals surface area contributed by atoms with Crippen LogP contribution in [0.5, 0.6) is 0 Å². The van der Waals surface area contributed by atoms with Gasteiger partial charge in [0.05, 0.1) is 12.8 Å². The summed E-state index contributed by atoms with van der Waals surface area (Å²) in [4.78, 5) is 11.7. The molecule has 3 aromatic rings. The molecule has 3 rings (SSSR count). The zero-order valence-corrected chi connectivity index (χ0v) is 20.6. The first kappa shape index (κ1) is 24.6. The highest BCUT2D eigenvalue weighted by Crippen LogP contribution is 2.55. The van der Waals surface area contributed by atoms with Crippen LogP contribution in [0.3, 0.4) is 0 Å². The Morgan fingerprint density at radius 2 is 1.13 bits per heavy atom. The van der Waals surface area contributed by atoms with Gasteiger partial charge in [0.2, 0.25) is 0 Å². The molecule has 158 valence electrons. The van der Waals surface area contributed by atoms with Crippen molar-refractivity contribution in [2.24, 2.45) is 0 Å². The third-order valence-electron chi connectivity index (χ3n) is 5.27. The van der Waals surface area contributed by atoms with E-state index in [0.717, 1.165) is 25.4 Å². The number of ether oxygens (including phenoxy) is 1. The lowest BCUT2D eigenvalue weighted by Crippen LogP contribution is -3.00. The quantitative estimate of drug-likeness (QED) is 0.173. The van der Waals surface area contributed by atoms with Gasteiger partial charge in [-0.2, -0.15) is 0 Å². The summed E-state index contributed by atoms with van der Waals surface area (Å²) < 4.78 is 5.07. The second kappa shape index (κ2) is 12.9. The highest BCUT2D eigenvalue weighted by atomic mass is 127. The van der Waals surface area contributed by atoms with Crippen LogP contribution < -0.4 is 39.9 Å². The van der Waals surface area contributed by atoms with E-state index < -0.39 is 7.26 Å². The molecule has 0 aromatic heterocycles. The molecule has 0 aliphatic rings. The van der Waals surface area contributed by atoms with E-state index in [2.05, 4.69) is 91.0 Å². The number of carbonyl (C=O) groups excluding carboxylic acids is 1. The van der Waals surface area contributed by atoms with Gasteiger partial charge in [-0.05, 0) is 62.6 Å². The highest BCUT2D eigenvalue weighted by Gasteiger charge is 2.44. The van der Waals surface area contributed by atoms with Crippen molar-refractivity contribution < 1.29 is 33.5 Å². The summed E-state index contributed by atoms with van der Waals surface area (Å²) in [7, 11) is -1.75. The Hall–Kier alpha value is -1.71. The van der Waals surface area contributed by atoms with Crippen LogP contribution in [0.25, 0.3) is 0 Å². The normalized spacial score (nSPS) is 10.8. The molecular formula is C26H30IO2P. The predicted octanol–water partition coefficient (Wildman–Crippen LogP) is 2.11. The minimum absolute atomic E-state index is 0. The van der Waals surface area contributed by atoms with Crippen LogP contribution in [-0.4, -0.2) is 18.7 Å². The Labute approximate surface area is 198 Å². The van der Waals surface area contributed by atoms with E-state index in [9.17, 15) is 4.79 Å². The fraction of sp³-hybridized carbons (Fsp3) is 0.269. The van der Waals surface area contributed by atoms with Gasteiger partial charge in [0, 0.05) is 6.42 Å². The topological polar surface area (TPSA) is 26.3 Å². The number of hydrogen-bond donors (Lipinski definition) is 0. The van der Waals surface area contributed by atoms with Gasteiger partial charge < -0.3 is 28.7 Å². The third-order valence-corrected chi connectivity index (χ3v) is 9.80. The maximum absolute atomic E-state index is 11.7. The van der Waals surface area contributed by atoms with E-state index in [1.807, 2.05) is 6.92 Å². The van der Waals surface area contributed by atoms with E-state index in [4.69, 9.17) is 4.74 Å². The summed E-state index contributed by atoms with van der Waals surface area (Å²) in [6, 6.07) is 32.9. The Kier molecular flexibility index (Phi) is 10.5.